The molecule has 1 fully saturated rings. The molecule has 0 spiro atoms. The molecule has 3 heteroatoms. The molecule has 3 rings (SSSR count). The van der Waals surface area contributed by atoms with Crippen LogP contribution in [0.4, 0.5) is 0 Å². The zero-order valence-corrected chi connectivity index (χ0v) is 12.1. The van der Waals surface area contributed by atoms with Crippen LogP contribution in [0.25, 0.3) is 0 Å². The summed E-state index contributed by atoms with van der Waals surface area (Å²) in [6.45, 7) is 2.20. The average molecular weight is 289 g/mol. The molecule has 20 heavy (non-hydrogen) atoms. The number of hydrogen-bond donors (Lipinski definition) is 0. The highest BCUT2D eigenvalue weighted by atomic mass is 35.5. The number of halogens is 1. The average Bonchev–Trinajstić information content (AvgIpc) is 3.04. The summed E-state index contributed by atoms with van der Waals surface area (Å²) in [4.78, 5) is 11.4. The van der Waals surface area contributed by atoms with Crippen LogP contribution < -0.4 is 0 Å². The van der Waals surface area contributed by atoms with Gasteiger partial charge in [-0.05, 0) is 42.2 Å². The summed E-state index contributed by atoms with van der Waals surface area (Å²) in [5, 5.41) is 0.896. The number of carbonyl (C=O) groups excluding carboxylic acids is 1. The number of ether oxygens (including phenoxy) is 1. The van der Waals surface area contributed by atoms with Crippen molar-refractivity contribution in [3.8, 4) is 0 Å². The molecular weight excluding hydrogens is 272 g/mol. The molecule has 3 atom stereocenters. The second-order valence-corrected chi connectivity index (χ2v) is 5.73. The second kappa shape index (κ2) is 5.45. The Morgan fingerprint density at radius 2 is 2.10 bits per heavy atom. The molecule has 0 N–H and O–H groups in total. The molecule has 0 aromatic heterocycles. The minimum absolute atomic E-state index is 0.301. The molecule has 1 saturated carbocycles. The van der Waals surface area contributed by atoms with Gasteiger partial charge in [0.15, 0.2) is 0 Å². The number of fused-ring (bicyclic) bond motifs is 1. The summed E-state index contributed by atoms with van der Waals surface area (Å²) < 4.78 is 4.91. The maximum atomic E-state index is 11.4. The summed E-state index contributed by atoms with van der Waals surface area (Å²) >= 11 is 6.29. The van der Waals surface area contributed by atoms with E-state index in [0.717, 1.165) is 17.0 Å². The van der Waals surface area contributed by atoms with Crippen LogP contribution in [0.5, 0.6) is 0 Å². The van der Waals surface area contributed by atoms with E-state index in [0.29, 0.717) is 24.4 Å². The van der Waals surface area contributed by atoms with Crippen molar-refractivity contribution < 1.29 is 9.53 Å². The van der Waals surface area contributed by atoms with E-state index < -0.39 is 0 Å². The fourth-order valence-corrected chi connectivity index (χ4v) is 3.60. The Morgan fingerprint density at radius 1 is 1.35 bits per heavy atom. The molecule has 104 valence electrons. The van der Waals surface area contributed by atoms with E-state index in [-0.39, 0.29) is 5.97 Å². The first-order chi connectivity index (χ1) is 9.72. The van der Waals surface area contributed by atoms with Gasteiger partial charge in [-0.2, -0.15) is 0 Å². The van der Waals surface area contributed by atoms with Crippen molar-refractivity contribution >= 4 is 17.6 Å². The summed E-state index contributed by atoms with van der Waals surface area (Å²) in [6, 6.07) is 10.5. The highest BCUT2D eigenvalue weighted by molar-refractivity contribution is 6.30. The van der Waals surface area contributed by atoms with Crippen LogP contribution in [0.15, 0.2) is 53.1 Å². The first kappa shape index (κ1) is 13.4. The third kappa shape index (κ3) is 2.40. The van der Waals surface area contributed by atoms with Gasteiger partial charge in [0.1, 0.15) is 0 Å². The molecule has 1 aromatic rings. The van der Waals surface area contributed by atoms with Crippen molar-refractivity contribution in [1.29, 1.82) is 0 Å². The van der Waals surface area contributed by atoms with E-state index in [1.165, 1.54) is 11.6 Å². The standard InChI is InChI=1S/C17H17ClO2/c1-2-20-15(19)9-8-12-14(18)10-13-16(17(12)13)11-6-4-3-5-7-11/h3-9,13,16-17H,2,10H2,1H3/t13-,16-,17-/m1/s1. The van der Waals surface area contributed by atoms with Crippen LogP contribution in [0, 0.1) is 11.8 Å². The predicted octanol–water partition coefficient (Wildman–Crippen LogP) is 4.03. The van der Waals surface area contributed by atoms with Gasteiger partial charge < -0.3 is 4.74 Å². The molecule has 0 unspecified atom stereocenters. The molecule has 1 aromatic carbocycles. The molecule has 2 aliphatic carbocycles. The van der Waals surface area contributed by atoms with Crippen molar-refractivity contribution in [2.45, 2.75) is 19.3 Å². The Labute approximate surface area is 124 Å². The Balaban J connectivity index is 1.73. The van der Waals surface area contributed by atoms with Gasteiger partial charge in [-0.3, -0.25) is 0 Å². The van der Waals surface area contributed by atoms with E-state index >= 15 is 0 Å². The summed E-state index contributed by atoms with van der Waals surface area (Å²) in [7, 11) is 0. The van der Waals surface area contributed by atoms with E-state index in [1.54, 1.807) is 6.92 Å². The molecule has 2 nitrogen and oxygen atoms in total. The van der Waals surface area contributed by atoms with Crippen molar-refractivity contribution in [3.63, 3.8) is 0 Å². The number of hydrogen-bond acceptors (Lipinski definition) is 2. The molecule has 0 aliphatic heterocycles. The van der Waals surface area contributed by atoms with Gasteiger partial charge >= 0.3 is 5.97 Å². The van der Waals surface area contributed by atoms with Crippen molar-refractivity contribution in [2.24, 2.45) is 11.8 Å². The Hall–Kier alpha value is -1.54. The first-order valence-corrected chi connectivity index (χ1v) is 7.38. The fourth-order valence-electron chi connectivity index (χ4n) is 3.24. The SMILES string of the molecule is CCOC(=O)C=CC1=C(Cl)C[C@H]2[C@@H]1[C@@H]2c1ccccc1. The van der Waals surface area contributed by atoms with Gasteiger partial charge in [-0.1, -0.05) is 48.0 Å². The maximum Gasteiger partial charge on any atom is 0.330 e. The van der Waals surface area contributed by atoms with E-state index in [9.17, 15) is 4.79 Å². The summed E-state index contributed by atoms with van der Waals surface area (Å²) in [6.07, 6.45) is 4.26. The lowest BCUT2D eigenvalue weighted by Crippen LogP contribution is -1.99. The van der Waals surface area contributed by atoms with E-state index in [2.05, 4.69) is 24.3 Å². The number of carbonyl (C=O) groups is 1. The number of benzene rings is 1. The molecule has 0 heterocycles. The maximum absolute atomic E-state index is 11.4. The lowest BCUT2D eigenvalue weighted by molar-refractivity contribution is -0.137. The van der Waals surface area contributed by atoms with Crippen LogP contribution in [-0.2, 0) is 9.53 Å². The lowest BCUT2D eigenvalue weighted by Gasteiger charge is -2.06. The van der Waals surface area contributed by atoms with Crippen molar-refractivity contribution in [3.05, 3.63) is 58.7 Å². The Bertz CT molecular complexity index is 574. The molecule has 0 saturated heterocycles. The predicted molar refractivity (Wildman–Crippen MR) is 79.4 cm³/mol. The van der Waals surface area contributed by atoms with Crippen LogP contribution >= 0.6 is 11.6 Å². The van der Waals surface area contributed by atoms with E-state index in [1.807, 2.05) is 12.1 Å². The molecule has 0 bridgehead atoms. The molecule has 2 aliphatic rings. The number of rotatable bonds is 4. The van der Waals surface area contributed by atoms with Crippen molar-refractivity contribution in [1.82, 2.24) is 0 Å². The highest BCUT2D eigenvalue weighted by Crippen LogP contribution is 2.66. The van der Waals surface area contributed by atoms with Gasteiger partial charge in [0, 0.05) is 11.1 Å². The van der Waals surface area contributed by atoms with Gasteiger partial charge in [0.25, 0.3) is 0 Å². The lowest BCUT2D eigenvalue weighted by atomic mass is 10.0. The largest absolute Gasteiger partial charge is 0.463 e. The third-order valence-corrected chi connectivity index (χ3v) is 4.50. The monoisotopic (exact) mass is 288 g/mol. The Kier molecular flexibility index (Phi) is 3.66. The normalized spacial score (nSPS) is 27.8. The minimum atomic E-state index is -0.301. The zero-order valence-electron chi connectivity index (χ0n) is 11.4. The summed E-state index contributed by atoms with van der Waals surface area (Å²) in [5.74, 6) is 1.33. The van der Waals surface area contributed by atoms with Crippen LogP contribution in [-0.4, -0.2) is 12.6 Å². The van der Waals surface area contributed by atoms with Crippen LogP contribution in [0.1, 0.15) is 24.8 Å². The third-order valence-electron chi connectivity index (χ3n) is 4.13. The molecule has 0 amide bonds. The fraction of sp³-hybridized carbons (Fsp3) is 0.353. The Morgan fingerprint density at radius 3 is 2.80 bits per heavy atom. The first-order valence-electron chi connectivity index (χ1n) is 7.00. The smallest absolute Gasteiger partial charge is 0.330 e. The highest BCUT2D eigenvalue weighted by Gasteiger charge is 2.56. The summed E-state index contributed by atoms with van der Waals surface area (Å²) in [5.41, 5.74) is 2.48. The van der Waals surface area contributed by atoms with E-state index in [4.69, 9.17) is 16.3 Å². The minimum Gasteiger partial charge on any atom is -0.463 e. The molecular formula is C17H17ClO2. The number of allylic oxidation sites excluding steroid dienone is 3. The van der Waals surface area contributed by atoms with Gasteiger partial charge in [0.05, 0.1) is 6.61 Å². The molecule has 0 radical (unpaired) electrons. The topological polar surface area (TPSA) is 26.3 Å². The van der Waals surface area contributed by atoms with Crippen molar-refractivity contribution in [2.75, 3.05) is 6.61 Å². The van der Waals surface area contributed by atoms with Gasteiger partial charge in [-0.25, -0.2) is 4.79 Å². The second-order valence-electron chi connectivity index (χ2n) is 5.28. The van der Waals surface area contributed by atoms with Gasteiger partial charge in [-0.15, -0.1) is 0 Å². The quantitative estimate of drug-likeness (QED) is 0.617. The zero-order chi connectivity index (χ0) is 14.1. The van der Waals surface area contributed by atoms with Crippen LogP contribution in [0.2, 0.25) is 0 Å². The number of esters is 1. The van der Waals surface area contributed by atoms with Crippen LogP contribution in [0.3, 0.4) is 0 Å². The van der Waals surface area contributed by atoms with Gasteiger partial charge in [0.2, 0.25) is 0 Å².